The van der Waals surface area contributed by atoms with Crippen LogP contribution in [0.4, 0.5) is 0 Å². The van der Waals surface area contributed by atoms with E-state index in [1.807, 2.05) is 55.0 Å². The lowest BCUT2D eigenvalue weighted by Gasteiger charge is -2.33. The third kappa shape index (κ3) is 7.30. The largest absolute Gasteiger partial charge is 0.503 e. The summed E-state index contributed by atoms with van der Waals surface area (Å²) in [5.74, 6) is -1.92. The van der Waals surface area contributed by atoms with Crippen LogP contribution in [-0.4, -0.2) is 49.8 Å². The van der Waals surface area contributed by atoms with Crippen molar-refractivity contribution in [2.75, 3.05) is 0 Å². The Balaban J connectivity index is 0.000000154. The minimum atomic E-state index is -1.35. The van der Waals surface area contributed by atoms with Gasteiger partial charge in [0.15, 0.2) is 5.75 Å². The van der Waals surface area contributed by atoms with Gasteiger partial charge in [-0.25, -0.2) is 19.7 Å². The molecule has 0 spiro atoms. The molecule has 0 bridgehead atoms. The van der Waals surface area contributed by atoms with E-state index < -0.39 is 22.7 Å². The Labute approximate surface area is 299 Å². The zero-order valence-corrected chi connectivity index (χ0v) is 28.6. The van der Waals surface area contributed by atoms with Crippen LogP contribution in [0.2, 0.25) is 15.1 Å². The molecule has 0 amide bonds. The van der Waals surface area contributed by atoms with Crippen LogP contribution in [0.1, 0.15) is 36.0 Å². The first kappa shape index (κ1) is 34.5. The van der Waals surface area contributed by atoms with Crippen LogP contribution < -0.4 is 5.43 Å². The Bertz CT molecular complexity index is 2440. The van der Waals surface area contributed by atoms with Gasteiger partial charge in [0.1, 0.15) is 29.0 Å². The van der Waals surface area contributed by atoms with Gasteiger partial charge in [-0.1, -0.05) is 47.6 Å². The Kier molecular flexibility index (Phi) is 10.1. The van der Waals surface area contributed by atoms with Gasteiger partial charge < -0.3 is 28.9 Å². The van der Waals surface area contributed by atoms with Gasteiger partial charge in [-0.05, 0) is 49.2 Å². The number of halogens is 3. The zero-order valence-electron chi connectivity index (χ0n) is 26.3. The Hall–Kier alpha value is -5.35. The third-order valence-corrected chi connectivity index (χ3v) is 9.10. The number of fused-ring (bicyclic) bond motifs is 3. The quantitative estimate of drug-likeness (QED) is 0.162. The monoisotopic (exact) mass is 730 g/mol. The van der Waals surface area contributed by atoms with Gasteiger partial charge in [0.25, 0.3) is 0 Å². The summed E-state index contributed by atoms with van der Waals surface area (Å²) in [7, 11) is 0. The van der Waals surface area contributed by atoms with Crippen LogP contribution in [0.25, 0.3) is 33.1 Å². The Morgan fingerprint density at radius 3 is 2.20 bits per heavy atom. The van der Waals surface area contributed by atoms with E-state index in [0.717, 1.165) is 58.8 Å². The molecule has 0 unspecified atom stereocenters. The maximum atomic E-state index is 11.8. The van der Waals surface area contributed by atoms with E-state index in [2.05, 4.69) is 30.6 Å². The zero-order chi connectivity index (χ0) is 35.4. The fourth-order valence-corrected chi connectivity index (χ4v) is 6.75. The second kappa shape index (κ2) is 14.6. The molecule has 7 aromatic rings. The summed E-state index contributed by atoms with van der Waals surface area (Å²) < 4.78 is 5.49. The summed E-state index contributed by atoms with van der Waals surface area (Å²) in [6.07, 6.45) is 16.9. The number of nitrogens with zero attached hydrogens (tertiary/aromatic N) is 7. The first-order chi connectivity index (χ1) is 24.1. The average Bonchev–Trinajstić information content (AvgIpc) is 3.90. The normalized spacial score (nSPS) is 13.4. The van der Waals surface area contributed by atoms with Crippen LogP contribution >= 0.6 is 34.8 Å². The summed E-state index contributed by atoms with van der Waals surface area (Å²) in [4.78, 5) is 38.8. The highest BCUT2D eigenvalue weighted by molar-refractivity contribution is 6.31. The lowest BCUT2D eigenvalue weighted by Crippen LogP contribution is -2.35. The van der Waals surface area contributed by atoms with E-state index in [-0.39, 0.29) is 5.54 Å². The number of aromatic hydroxyl groups is 1. The van der Waals surface area contributed by atoms with E-state index in [1.54, 1.807) is 27.7 Å². The van der Waals surface area contributed by atoms with E-state index in [4.69, 9.17) is 40.1 Å². The summed E-state index contributed by atoms with van der Waals surface area (Å²) >= 11 is 17.5. The number of hydrogen-bond acceptors (Lipinski definition) is 7. The van der Waals surface area contributed by atoms with Crippen molar-refractivity contribution in [3.63, 3.8) is 0 Å². The van der Waals surface area contributed by atoms with Crippen LogP contribution in [-0.2, 0) is 18.6 Å². The number of nitrogens with one attached hydrogen (secondary N) is 1. The van der Waals surface area contributed by atoms with Gasteiger partial charge in [-0.3, -0.25) is 4.79 Å². The van der Waals surface area contributed by atoms with Crippen LogP contribution in [0.15, 0.2) is 90.8 Å². The van der Waals surface area contributed by atoms with E-state index in [9.17, 15) is 19.8 Å². The molecule has 0 atom stereocenters. The number of rotatable bonds is 5. The molecule has 12 nitrogen and oxygen atoms in total. The molecule has 1 aliphatic carbocycles. The third-order valence-electron chi connectivity index (χ3n) is 8.48. The number of H-pyrrole nitrogens is 1. The molecule has 50 heavy (non-hydrogen) atoms. The number of nitriles is 1. The Morgan fingerprint density at radius 1 is 0.900 bits per heavy atom. The molecule has 0 aliphatic heterocycles. The maximum Gasteiger partial charge on any atom is 0.341 e. The first-order valence-corrected chi connectivity index (χ1v) is 16.6. The Morgan fingerprint density at radius 2 is 1.52 bits per heavy atom. The number of carboxylic acids is 1. The fourth-order valence-electron chi connectivity index (χ4n) is 6.25. The van der Waals surface area contributed by atoms with Gasteiger partial charge in [0.05, 0.1) is 26.7 Å². The van der Waals surface area contributed by atoms with Crippen molar-refractivity contribution in [3.8, 4) is 11.8 Å². The minimum absolute atomic E-state index is 0.318. The lowest BCUT2D eigenvalue weighted by atomic mass is 9.96. The van der Waals surface area contributed by atoms with Crippen molar-refractivity contribution in [1.82, 2.24) is 33.6 Å². The first-order valence-electron chi connectivity index (χ1n) is 15.4. The second-order valence-corrected chi connectivity index (χ2v) is 13.1. The molecule has 7 heterocycles. The average molecular weight is 732 g/mol. The standard InChI is InChI=1S/C19H18ClN3O4.C9H6ClN3.C7H5ClN2/c20-13-7-12-3-6-23(17(12)21-8-13)19(4-1-2-5-19)11-22-9-14(18(26)27)16(25)15(24)10-22;10-8-5-7-1-3-13(4-2-11)9(7)12-6-8;8-6-3-5-1-2-9-7(5)10-4-6/h3,6-10,24H,1-2,4-5,11H2,(H,26,27);1,3,5-6H,4H2;1-4H,(H,9,10). The highest BCUT2D eigenvalue weighted by atomic mass is 35.5. The van der Waals surface area contributed by atoms with Crippen molar-refractivity contribution < 1.29 is 15.0 Å². The predicted octanol–water partition coefficient (Wildman–Crippen LogP) is 7.65. The van der Waals surface area contributed by atoms with Gasteiger partial charge in [0, 0.05) is 72.3 Å². The molecule has 15 heteroatoms. The number of pyridine rings is 4. The predicted molar refractivity (Wildman–Crippen MR) is 192 cm³/mol. The van der Waals surface area contributed by atoms with Crippen molar-refractivity contribution >= 4 is 73.9 Å². The van der Waals surface area contributed by atoms with E-state index in [0.29, 0.717) is 28.2 Å². The number of hydrogen-bond donors (Lipinski definition) is 3. The summed E-state index contributed by atoms with van der Waals surface area (Å²) in [6, 6.07) is 13.4. The number of aromatic amines is 1. The van der Waals surface area contributed by atoms with E-state index >= 15 is 0 Å². The highest BCUT2D eigenvalue weighted by Crippen LogP contribution is 2.40. The van der Waals surface area contributed by atoms with Crippen molar-refractivity contribution in [2.45, 2.75) is 44.3 Å². The molecule has 1 aliphatic rings. The molecule has 8 rings (SSSR count). The molecule has 1 fully saturated rings. The van der Waals surface area contributed by atoms with Crippen molar-refractivity contribution in [2.24, 2.45) is 0 Å². The molecule has 7 aromatic heterocycles. The summed E-state index contributed by atoms with van der Waals surface area (Å²) in [5.41, 5.74) is 0.854. The van der Waals surface area contributed by atoms with Crippen molar-refractivity contribution in [1.29, 1.82) is 5.26 Å². The van der Waals surface area contributed by atoms with Gasteiger partial charge in [-0.15, -0.1) is 0 Å². The molecule has 254 valence electrons. The van der Waals surface area contributed by atoms with Gasteiger partial charge >= 0.3 is 5.97 Å². The smallest absolute Gasteiger partial charge is 0.341 e. The number of carbonyl (C=O) groups is 1. The molecular formula is C35H29Cl3N8O4. The maximum absolute atomic E-state index is 11.8. The van der Waals surface area contributed by atoms with Crippen LogP contribution in [0.5, 0.6) is 5.75 Å². The lowest BCUT2D eigenvalue weighted by molar-refractivity contribution is 0.0693. The molecule has 3 N–H and O–H groups in total. The van der Waals surface area contributed by atoms with Crippen LogP contribution in [0.3, 0.4) is 0 Å². The summed E-state index contributed by atoms with van der Waals surface area (Å²) in [6.45, 7) is 0.743. The SMILES string of the molecule is Clc1cnc2[nH]ccc2c1.N#CCn1ccc2cc(Cl)cnc21.O=C(O)c1cn(CC2(n3ccc4cc(Cl)cnc43)CCCC2)cc(O)c1=O. The summed E-state index contributed by atoms with van der Waals surface area (Å²) in [5, 5.41) is 32.5. The number of aromatic nitrogens is 7. The van der Waals surface area contributed by atoms with E-state index in [1.165, 1.54) is 12.4 Å². The molecular weight excluding hydrogens is 703 g/mol. The topological polar surface area (TPSA) is 168 Å². The second-order valence-electron chi connectivity index (χ2n) is 11.8. The van der Waals surface area contributed by atoms with Gasteiger partial charge in [0.2, 0.25) is 5.43 Å². The fraction of sp³-hybridized carbons (Fsp3) is 0.200. The number of carboxylic acid groups (broad SMARTS) is 1. The van der Waals surface area contributed by atoms with Gasteiger partial charge in [-0.2, -0.15) is 5.26 Å². The van der Waals surface area contributed by atoms with Crippen LogP contribution in [0, 0.1) is 11.3 Å². The molecule has 0 radical (unpaired) electrons. The molecule has 0 saturated heterocycles. The minimum Gasteiger partial charge on any atom is -0.503 e. The van der Waals surface area contributed by atoms with Crippen molar-refractivity contribution in [3.05, 3.63) is 117 Å². The highest BCUT2D eigenvalue weighted by Gasteiger charge is 2.37. The number of aromatic carboxylic acids is 1. The molecule has 0 aromatic carbocycles. The molecule has 1 saturated carbocycles.